The summed E-state index contributed by atoms with van der Waals surface area (Å²) in [7, 11) is -2.30. The van der Waals surface area contributed by atoms with Gasteiger partial charge in [0.15, 0.2) is 5.75 Å². The summed E-state index contributed by atoms with van der Waals surface area (Å²) < 4.78 is 26.3. The van der Waals surface area contributed by atoms with Gasteiger partial charge in [0.1, 0.15) is 0 Å². The van der Waals surface area contributed by atoms with Crippen molar-refractivity contribution < 1.29 is 22.9 Å². The number of sulfonamides is 1. The first-order valence-electron chi connectivity index (χ1n) is 5.85. The predicted molar refractivity (Wildman–Crippen MR) is 74.6 cm³/mol. The van der Waals surface area contributed by atoms with E-state index in [1.165, 1.54) is 19.2 Å². The van der Waals surface area contributed by atoms with Gasteiger partial charge in [0.05, 0.1) is 17.8 Å². The van der Waals surface area contributed by atoms with Crippen LogP contribution >= 0.6 is 0 Å². The number of ether oxygens (including phenoxy) is 1. The van der Waals surface area contributed by atoms with E-state index in [0.717, 1.165) is 6.07 Å². The fourth-order valence-corrected chi connectivity index (χ4v) is 2.09. The van der Waals surface area contributed by atoms with Gasteiger partial charge in [-0.3, -0.25) is 14.9 Å². The highest BCUT2D eigenvalue weighted by Crippen LogP contribution is 2.27. The number of hydrogen-bond donors (Lipinski definition) is 2. The molecule has 3 N–H and O–H groups in total. The maximum Gasteiger partial charge on any atom is 0.310 e. The van der Waals surface area contributed by atoms with Gasteiger partial charge in [0.2, 0.25) is 10.0 Å². The van der Waals surface area contributed by atoms with Crippen molar-refractivity contribution in [1.82, 2.24) is 5.32 Å². The van der Waals surface area contributed by atoms with Gasteiger partial charge in [-0.15, -0.1) is 0 Å². The van der Waals surface area contributed by atoms with Crippen LogP contribution in [0.4, 0.5) is 5.69 Å². The number of nitro benzene ring substituents is 1. The van der Waals surface area contributed by atoms with Gasteiger partial charge in [-0.05, 0) is 12.5 Å². The number of primary sulfonamides is 1. The smallest absolute Gasteiger partial charge is 0.310 e. The molecule has 1 rings (SSSR count). The largest absolute Gasteiger partial charge is 0.490 e. The SMILES string of the molecule is COc1cc(C(=O)NCCCS(N)(=O)=O)ccc1[N+](=O)[O-]. The number of nitrogens with two attached hydrogens (primary N) is 1. The lowest BCUT2D eigenvalue weighted by Crippen LogP contribution is -2.27. The highest BCUT2D eigenvalue weighted by Gasteiger charge is 2.17. The quantitative estimate of drug-likeness (QED) is 0.412. The monoisotopic (exact) mass is 317 g/mol. The molecule has 1 aromatic carbocycles. The molecule has 0 fully saturated rings. The van der Waals surface area contributed by atoms with Crippen molar-refractivity contribution in [3.63, 3.8) is 0 Å². The summed E-state index contributed by atoms with van der Waals surface area (Å²) in [6.07, 6.45) is 0.175. The molecule has 0 aliphatic carbocycles. The maximum atomic E-state index is 11.8. The van der Waals surface area contributed by atoms with Crippen molar-refractivity contribution in [2.75, 3.05) is 19.4 Å². The topological polar surface area (TPSA) is 142 Å². The summed E-state index contributed by atoms with van der Waals surface area (Å²) in [5, 5.41) is 18.0. The van der Waals surface area contributed by atoms with Gasteiger partial charge in [0, 0.05) is 24.2 Å². The summed E-state index contributed by atoms with van der Waals surface area (Å²) in [5.74, 6) is -0.758. The fraction of sp³-hybridized carbons (Fsp3) is 0.364. The zero-order valence-corrected chi connectivity index (χ0v) is 12.1. The van der Waals surface area contributed by atoms with E-state index in [0.29, 0.717) is 0 Å². The Morgan fingerprint density at radius 2 is 2.14 bits per heavy atom. The molecular formula is C11H15N3O6S. The van der Waals surface area contributed by atoms with Crippen LogP contribution < -0.4 is 15.2 Å². The summed E-state index contributed by atoms with van der Waals surface area (Å²) in [5.41, 5.74) is -0.0728. The lowest BCUT2D eigenvalue weighted by molar-refractivity contribution is -0.385. The van der Waals surface area contributed by atoms with Crippen LogP contribution in [-0.4, -0.2) is 38.7 Å². The van der Waals surface area contributed by atoms with Crippen LogP contribution in [0.2, 0.25) is 0 Å². The Balaban J connectivity index is 2.69. The van der Waals surface area contributed by atoms with Crippen molar-refractivity contribution in [2.24, 2.45) is 5.14 Å². The van der Waals surface area contributed by atoms with Gasteiger partial charge in [-0.25, -0.2) is 13.6 Å². The van der Waals surface area contributed by atoms with E-state index in [1.54, 1.807) is 0 Å². The average Bonchev–Trinajstić information content (AvgIpc) is 2.41. The van der Waals surface area contributed by atoms with Crippen LogP contribution in [0.1, 0.15) is 16.8 Å². The average molecular weight is 317 g/mol. The van der Waals surface area contributed by atoms with Crippen LogP contribution in [-0.2, 0) is 10.0 Å². The van der Waals surface area contributed by atoms with Crippen molar-refractivity contribution in [3.8, 4) is 5.75 Å². The third-order valence-electron chi connectivity index (χ3n) is 2.53. The Kier molecular flexibility index (Phi) is 5.61. The minimum atomic E-state index is -3.56. The van der Waals surface area contributed by atoms with Crippen LogP contribution in [0.3, 0.4) is 0 Å². The molecule has 9 nitrogen and oxygen atoms in total. The molecule has 0 spiro atoms. The first kappa shape index (κ1) is 16.9. The molecule has 0 aromatic heterocycles. The van der Waals surface area contributed by atoms with E-state index in [2.05, 4.69) is 5.32 Å². The van der Waals surface area contributed by atoms with E-state index in [1.807, 2.05) is 0 Å². The predicted octanol–water partition coefficient (Wildman–Crippen LogP) is 0.0118. The number of methoxy groups -OCH3 is 1. The third-order valence-corrected chi connectivity index (χ3v) is 3.39. The molecular weight excluding hydrogens is 302 g/mol. The Morgan fingerprint density at radius 1 is 1.48 bits per heavy atom. The Morgan fingerprint density at radius 3 is 2.67 bits per heavy atom. The van der Waals surface area contributed by atoms with E-state index >= 15 is 0 Å². The number of nitrogens with zero attached hydrogens (tertiary/aromatic N) is 1. The number of rotatable bonds is 7. The van der Waals surface area contributed by atoms with Gasteiger partial charge >= 0.3 is 5.69 Å². The third kappa shape index (κ3) is 5.36. The van der Waals surface area contributed by atoms with Crippen molar-refractivity contribution in [2.45, 2.75) is 6.42 Å². The summed E-state index contributed by atoms with van der Waals surface area (Å²) in [6, 6.07) is 3.70. The molecule has 0 atom stereocenters. The first-order valence-corrected chi connectivity index (χ1v) is 7.57. The molecule has 10 heteroatoms. The zero-order chi connectivity index (χ0) is 16.0. The second-order valence-electron chi connectivity index (χ2n) is 4.12. The van der Waals surface area contributed by atoms with Gasteiger partial charge in [0.25, 0.3) is 5.91 Å². The first-order chi connectivity index (χ1) is 9.74. The van der Waals surface area contributed by atoms with Crippen molar-refractivity contribution in [1.29, 1.82) is 0 Å². The highest BCUT2D eigenvalue weighted by atomic mass is 32.2. The van der Waals surface area contributed by atoms with E-state index in [-0.39, 0.29) is 35.7 Å². The Bertz CT molecular complexity index is 643. The minimum absolute atomic E-state index is 0.0304. The second kappa shape index (κ2) is 6.99. The molecule has 0 aliphatic heterocycles. The summed E-state index contributed by atoms with van der Waals surface area (Å²) >= 11 is 0. The highest BCUT2D eigenvalue weighted by molar-refractivity contribution is 7.89. The second-order valence-corrected chi connectivity index (χ2v) is 5.85. The summed E-state index contributed by atoms with van der Waals surface area (Å²) in [6.45, 7) is 0.120. The van der Waals surface area contributed by atoms with Crippen LogP contribution in [0.25, 0.3) is 0 Å². The molecule has 0 saturated carbocycles. The van der Waals surface area contributed by atoms with Crippen molar-refractivity contribution >= 4 is 21.6 Å². The molecule has 1 amide bonds. The number of carbonyl (C=O) groups excluding carboxylic acids is 1. The molecule has 0 heterocycles. The molecule has 0 unspecified atom stereocenters. The van der Waals surface area contributed by atoms with E-state index < -0.39 is 20.9 Å². The number of amides is 1. The molecule has 116 valence electrons. The Hall–Kier alpha value is -2.20. The molecule has 0 radical (unpaired) electrons. The normalized spacial score (nSPS) is 11.0. The fourth-order valence-electron chi connectivity index (χ4n) is 1.55. The number of carbonyl (C=O) groups is 1. The summed E-state index contributed by atoms with van der Waals surface area (Å²) in [4.78, 5) is 21.9. The molecule has 0 aliphatic rings. The minimum Gasteiger partial charge on any atom is -0.490 e. The van der Waals surface area contributed by atoms with Gasteiger partial charge in [-0.1, -0.05) is 0 Å². The maximum absolute atomic E-state index is 11.8. The standard InChI is InChI=1S/C11H15N3O6S/c1-20-10-7-8(3-4-9(10)14(16)17)11(15)13-5-2-6-21(12,18)19/h3-4,7H,2,5-6H2,1H3,(H,13,15)(H2,12,18,19). The molecule has 0 saturated heterocycles. The lowest BCUT2D eigenvalue weighted by Gasteiger charge is -2.07. The number of nitro groups is 1. The van der Waals surface area contributed by atoms with Crippen molar-refractivity contribution in [3.05, 3.63) is 33.9 Å². The van der Waals surface area contributed by atoms with Crippen LogP contribution in [0.15, 0.2) is 18.2 Å². The van der Waals surface area contributed by atoms with Crippen LogP contribution in [0, 0.1) is 10.1 Å². The molecule has 1 aromatic rings. The number of benzene rings is 1. The zero-order valence-electron chi connectivity index (χ0n) is 11.2. The lowest BCUT2D eigenvalue weighted by atomic mass is 10.1. The molecule has 21 heavy (non-hydrogen) atoms. The molecule has 0 bridgehead atoms. The van der Waals surface area contributed by atoms with E-state index in [9.17, 15) is 23.3 Å². The van der Waals surface area contributed by atoms with Crippen LogP contribution in [0.5, 0.6) is 5.75 Å². The van der Waals surface area contributed by atoms with Gasteiger partial charge in [-0.2, -0.15) is 0 Å². The number of nitrogens with one attached hydrogen (secondary N) is 1. The van der Waals surface area contributed by atoms with E-state index in [4.69, 9.17) is 9.88 Å². The Labute approximate surface area is 121 Å². The number of hydrogen-bond acceptors (Lipinski definition) is 6. The van der Waals surface area contributed by atoms with Gasteiger partial charge < -0.3 is 10.1 Å².